The van der Waals surface area contributed by atoms with Crippen LogP contribution >= 0.6 is 0 Å². The van der Waals surface area contributed by atoms with Gasteiger partial charge in [0.05, 0.1) is 0 Å². The Hall–Kier alpha value is 0.137. The molecule has 0 bridgehead atoms. The van der Waals surface area contributed by atoms with E-state index in [1.165, 1.54) is 51.5 Å². The van der Waals surface area contributed by atoms with Crippen LogP contribution in [-0.2, 0) is 0 Å². The maximum Gasteiger partial charge on any atom is 0.175 e. The van der Waals surface area contributed by atoms with Gasteiger partial charge in [0.15, 0.2) is 9.84 Å². The highest BCUT2D eigenvalue weighted by atomic mass is 28.2. The van der Waals surface area contributed by atoms with Gasteiger partial charge in [-0.3, -0.25) is 4.57 Å². The summed E-state index contributed by atoms with van der Waals surface area (Å²) < 4.78 is 5.62. The van der Waals surface area contributed by atoms with Gasteiger partial charge in [-0.25, -0.2) is 0 Å². The summed E-state index contributed by atoms with van der Waals surface area (Å²) in [5.74, 6) is 0. The van der Waals surface area contributed by atoms with Crippen molar-refractivity contribution in [3.05, 3.63) is 0 Å². The zero-order chi connectivity index (χ0) is 10.7. The van der Waals surface area contributed by atoms with Crippen molar-refractivity contribution in [1.29, 1.82) is 0 Å². The Morgan fingerprint density at radius 2 is 1.93 bits per heavy atom. The molecule has 1 heterocycles. The van der Waals surface area contributed by atoms with Crippen molar-refractivity contribution in [2.24, 2.45) is 0 Å². The standard InChI is InChI=1S/C12H26N2Si/c1-3-4-10-13-11(2)14(15-13)12-8-6-5-7-9-12/h11-12H,3-10,15H2,1-2H3. The Morgan fingerprint density at radius 1 is 1.20 bits per heavy atom. The molecule has 0 amide bonds. The molecule has 1 saturated heterocycles. The fourth-order valence-corrected chi connectivity index (χ4v) is 5.00. The third-order valence-corrected chi connectivity index (χ3v) is 6.78. The van der Waals surface area contributed by atoms with Gasteiger partial charge in [-0.05, 0) is 32.7 Å². The Bertz CT molecular complexity index is 192. The molecule has 0 aromatic carbocycles. The van der Waals surface area contributed by atoms with E-state index < -0.39 is 0 Å². The van der Waals surface area contributed by atoms with Crippen molar-refractivity contribution in [2.45, 2.75) is 71.0 Å². The van der Waals surface area contributed by atoms with E-state index in [1.807, 2.05) is 0 Å². The molecule has 2 aliphatic rings. The van der Waals surface area contributed by atoms with Crippen LogP contribution in [0.25, 0.3) is 0 Å². The SMILES string of the molecule is CCCCN1[SiH2]N(C2CCCCC2)C1C. The highest BCUT2D eigenvalue weighted by molar-refractivity contribution is 6.32. The van der Waals surface area contributed by atoms with E-state index in [0.717, 1.165) is 12.2 Å². The summed E-state index contributed by atoms with van der Waals surface area (Å²) >= 11 is 0. The fourth-order valence-electron chi connectivity index (χ4n) is 3.01. The number of hydrogen-bond acceptors (Lipinski definition) is 2. The molecule has 0 aromatic heterocycles. The van der Waals surface area contributed by atoms with Crippen molar-refractivity contribution < 1.29 is 0 Å². The molecule has 2 rings (SSSR count). The van der Waals surface area contributed by atoms with E-state index in [1.54, 1.807) is 0 Å². The first-order valence-corrected chi connectivity index (χ1v) is 8.09. The van der Waals surface area contributed by atoms with Gasteiger partial charge in [-0.15, -0.1) is 0 Å². The summed E-state index contributed by atoms with van der Waals surface area (Å²) in [6.45, 7) is 6.08. The van der Waals surface area contributed by atoms with E-state index in [9.17, 15) is 0 Å². The Kier molecular flexibility index (Phi) is 4.23. The van der Waals surface area contributed by atoms with Crippen LogP contribution in [0.15, 0.2) is 0 Å². The first-order chi connectivity index (χ1) is 7.33. The molecule has 1 aliphatic heterocycles. The van der Waals surface area contributed by atoms with Crippen LogP contribution in [-0.4, -0.2) is 37.7 Å². The van der Waals surface area contributed by atoms with Crippen LogP contribution < -0.4 is 0 Å². The minimum absolute atomic E-state index is 0.0130. The molecule has 88 valence electrons. The average molecular weight is 226 g/mol. The lowest BCUT2D eigenvalue weighted by molar-refractivity contribution is 0.0569. The van der Waals surface area contributed by atoms with Crippen LogP contribution in [0.3, 0.4) is 0 Å². The summed E-state index contributed by atoms with van der Waals surface area (Å²) in [7, 11) is -0.0130. The number of unbranched alkanes of at least 4 members (excludes halogenated alkanes) is 1. The molecule has 1 atom stereocenters. The highest BCUT2D eigenvalue weighted by Gasteiger charge is 2.37. The second-order valence-electron chi connectivity index (χ2n) is 5.25. The molecule has 0 spiro atoms. The van der Waals surface area contributed by atoms with Crippen LogP contribution in [0.5, 0.6) is 0 Å². The first kappa shape index (κ1) is 11.6. The Balaban J connectivity index is 1.72. The second-order valence-corrected chi connectivity index (χ2v) is 7.07. The van der Waals surface area contributed by atoms with Crippen LogP contribution in [0.4, 0.5) is 0 Å². The molecule has 2 fully saturated rings. The predicted octanol–water partition coefficient (Wildman–Crippen LogP) is 2.08. The lowest BCUT2D eigenvalue weighted by Crippen LogP contribution is -2.68. The van der Waals surface area contributed by atoms with Gasteiger partial charge in [-0.2, -0.15) is 0 Å². The molecule has 0 aromatic rings. The molecular weight excluding hydrogens is 200 g/mol. The minimum Gasteiger partial charge on any atom is -0.302 e. The normalized spacial score (nSPS) is 32.0. The fraction of sp³-hybridized carbons (Fsp3) is 1.00. The van der Waals surface area contributed by atoms with E-state index in [2.05, 4.69) is 23.0 Å². The van der Waals surface area contributed by atoms with Gasteiger partial charge in [0.25, 0.3) is 0 Å². The monoisotopic (exact) mass is 226 g/mol. The third-order valence-electron chi connectivity index (χ3n) is 4.20. The van der Waals surface area contributed by atoms with Crippen molar-refractivity contribution in [3.63, 3.8) is 0 Å². The van der Waals surface area contributed by atoms with Gasteiger partial charge in [0.2, 0.25) is 0 Å². The maximum atomic E-state index is 2.86. The molecule has 1 saturated carbocycles. The van der Waals surface area contributed by atoms with Crippen molar-refractivity contribution in [1.82, 2.24) is 9.13 Å². The zero-order valence-electron chi connectivity index (χ0n) is 10.4. The summed E-state index contributed by atoms with van der Waals surface area (Å²) in [4.78, 5) is 0. The largest absolute Gasteiger partial charge is 0.302 e. The third kappa shape index (κ3) is 2.63. The molecule has 0 N–H and O–H groups in total. The number of rotatable bonds is 4. The summed E-state index contributed by atoms with van der Waals surface area (Å²) in [6.07, 6.45) is 11.0. The maximum absolute atomic E-state index is 2.86. The summed E-state index contributed by atoms with van der Waals surface area (Å²) in [5.41, 5.74) is 0. The van der Waals surface area contributed by atoms with E-state index in [0.29, 0.717) is 0 Å². The summed E-state index contributed by atoms with van der Waals surface area (Å²) in [5, 5.41) is 0. The van der Waals surface area contributed by atoms with Gasteiger partial charge >= 0.3 is 0 Å². The topological polar surface area (TPSA) is 6.48 Å². The lowest BCUT2D eigenvalue weighted by Gasteiger charge is -2.54. The molecule has 1 unspecified atom stereocenters. The van der Waals surface area contributed by atoms with Gasteiger partial charge in [0, 0.05) is 12.2 Å². The van der Waals surface area contributed by atoms with E-state index >= 15 is 0 Å². The van der Waals surface area contributed by atoms with Crippen LogP contribution in [0, 0.1) is 0 Å². The van der Waals surface area contributed by atoms with Crippen molar-refractivity contribution >= 4 is 9.84 Å². The second kappa shape index (κ2) is 5.46. The van der Waals surface area contributed by atoms with Crippen molar-refractivity contribution in [3.8, 4) is 0 Å². The number of nitrogens with zero attached hydrogens (tertiary/aromatic N) is 2. The molecule has 2 nitrogen and oxygen atoms in total. The van der Waals surface area contributed by atoms with Gasteiger partial charge in [-0.1, -0.05) is 32.6 Å². The van der Waals surface area contributed by atoms with E-state index in [4.69, 9.17) is 0 Å². The highest BCUT2D eigenvalue weighted by Crippen LogP contribution is 2.28. The predicted molar refractivity (Wildman–Crippen MR) is 68.3 cm³/mol. The van der Waals surface area contributed by atoms with Gasteiger partial charge < -0.3 is 4.57 Å². The zero-order valence-corrected chi connectivity index (χ0v) is 11.8. The lowest BCUT2D eigenvalue weighted by atomic mass is 9.95. The van der Waals surface area contributed by atoms with Crippen molar-refractivity contribution in [2.75, 3.05) is 6.54 Å². The Labute approximate surface area is 97.0 Å². The quantitative estimate of drug-likeness (QED) is 0.677. The summed E-state index contributed by atoms with van der Waals surface area (Å²) in [6, 6.07) is 0.971. The van der Waals surface area contributed by atoms with E-state index in [-0.39, 0.29) is 9.84 Å². The first-order valence-electron chi connectivity index (χ1n) is 6.82. The molecular formula is C12H26N2Si. The van der Waals surface area contributed by atoms with Crippen LogP contribution in [0.2, 0.25) is 0 Å². The molecule has 3 heteroatoms. The number of hydrogen-bond donors (Lipinski definition) is 0. The van der Waals surface area contributed by atoms with Crippen LogP contribution in [0.1, 0.15) is 58.8 Å². The molecule has 1 aliphatic carbocycles. The average Bonchev–Trinajstić information content (AvgIpc) is 2.29. The Morgan fingerprint density at radius 3 is 2.53 bits per heavy atom. The minimum atomic E-state index is -0.0130. The smallest absolute Gasteiger partial charge is 0.175 e. The molecule has 15 heavy (non-hydrogen) atoms. The van der Waals surface area contributed by atoms with Gasteiger partial charge in [0.1, 0.15) is 0 Å². The molecule has 0 radical (unpaired) electrons.